The molecule has 5 nitrogen and oxygen atoms in total. The molecule has 1 atom stereocenters. The lowest BCUT2D eigenvalue weighted by molar-refractivity contribution is 0.304. The molecule has 1 unspecified atom stereocenters. The van der Waals surface area contributed by atoms with Gasteiger partial charge in [-0.25, -0.2) is 9.97 Å². The molecule has 1 fully saturated rings. The van der Waals surface area contributed by atoms with Crippen LogP contribution in [0, 0.1) is 0 Å². The molecule has 0 aromatic carbocycles. The van der Waals surface area contributed by atoms with Gasteiger partial charge in [0.25, 0.3) is 0 Å². The third-order valence-corrected chi connectivity index (χ3v) is 3.32. The maximum Gasteiger partial charge on any atom is 0.218 e. The Morgan fingerprint density at radius 2 is 2.26 bits per heavy atom. The van der Waals surface area contributed by atoms with E-state index in [1.807, 2.05) is 6.07 Å². The molecule has 1 aliphatic rings. The zero-order valence-electron chi connectivity index (χ0n) is 11.9. The lowest BCUT2D eigenvalue weighted by Gasteiger charge is -2.29. The topological polar surface area (TPSA) is 50.3 Å². The predicted octanol–water partition coefficient (Wildman–Crippen LogP) is 1.84. The summed E-state index contributed by atoms with van der Waals surface area (Å²) in [6, 6.07) is 2.50. The highest BCUT2D eigenvalue weighted by Crippen LogP contribution is 2.21. The normalized spacial score (nSPS) is 18.5. The molecule has 1 saturated heterocycles. The summed E-state index contributed by atoms with van der Waals surface area (Å²) in [5.74, 6) is 1.66. The van der Waals surface area contributed by atoms with Crippen LogP contribution in [-0.4, -0.2) is 42.3 Å². The van der Waals surface area contributed by atoms with Gasteiger partial charge in [-0.1, -0.05) is 13.8 Å². The van der Waals surface area contributed by atoms with Crippen LogP contribution in [0.25, 0.3) is 0 Å². The van der Waals surface area contributed by atoms with Gasteiger partial charge in [-0.15, -0.1) is 0 Å². The van der Waals surface area contributed by atoms with Crippen molar-refractivity contribution >= 4 is 5.82 Å². The molecule has 1 aromatic rings. The third-order valence-electron chi connectivity index (χ3n) is 3.32. The van der Waals surface area contributed by atoms with Crippen molar-refractivity contribution in [2.45, 2.75) is 39.2 Å². The summed E-state index contributed by atoms with van der Waals surface area (Å²) in [7, 11) is 0. The second-order valence-corrected chi connectivity index (χ2v) is 4.90. The number of nitrogens with one attached hydrogen (secondary N) is 1. The molecule has 2 heterocycles. The first-order chi connectivity index (χ1) is 9.35. The summed E-state index contributed by atoms with van der Waals surface area (Å²) >= 11 is 0. The molecule has 0 spiro atoms. The van der Waals surface area contributed by atoms with Crippen molar-refractivity contribution in [1.29, 1.82) is 0 Å². The van der Waals surface area contributed by atoms with Gasteiger partial charge in [0, 0.05) is 25.2 Å². The molecule has 1 aromatic heterocycles. The first kappa shape index (κ1) is 14.1. The first-order valence-corrected chi connectivity index (χ1v) is 7.27. The number of anilines is 1. The molecular formula is C14H24N4O. The van der Waals surface area contributed by atoms with E-state index in [9.17, 15) is 0 Å². The van der Waals surface area contributed by atoms with Gasteiger partial charge in [0.15, 0.2) is 0 Å². The fraction of sp³-hybridized carbons (Fsp3) is 0.714. The van der Waals surface area contributed by atoms with E-state index in [-0.39, 0.29) is 0 Å². The number of hydrogen-bond acceptors (Lipinski definition) is 5. The number of aromatic nitrogens is 2. The minimum Gasteiger partial charge on any atom is -0.478 e. The Labute approximate surface area is 115 Å². The smallest absolute Gasteiger partial charge is 0.218 e. The summed E-state index contributed by atoms with van der Waals surface area (Å²) < 4.78 is 5.59. The van der Waals surface area contributed by atoms with Gasteiger partial charge >= 0.3 is 0 Å². The predicted molar refractivity (Wildman–Crippen MR) is 76.7 cm³/mol. The monoisotopic (exact) mass is 264 g/mol. The SMILES string of the molecule is CCCOc1cc(N(CCC)C2CCNC2)ncn1. The molecule has 5 heteroatoms. The minimum atomic E-state index is 0.536. The van der Waals surface area contributed by atoms with E-state index >= 15 is 0 Å². The Morgan fingerprint density at radius 1 is 1.37 bits per heavy atom. The van der Waals surface area contributed by atoms with Crippen molar-refractivity contribution in [3.63, 3.8) is 0 Å². The lowest BCUT2D eigenvalue weighted by atomic mass is 10.2. The van der Waals surface area contributed by atoms with Crippen molar-refractivity contribution in [2.24, 2.45) is 0 Å². The van der Waals surface area contributed by atoms with Gasteiger partial charge < -0.3 is 15.0 Å². The average molecular weight is 264 g/mol. The highest BCUT2D eigenvalue weighted by atomic mass is 16.5. The van der Waals surface area contributed by atoms with Crippen molar-refractivity contribution in [3.05, 3.63) is 12.4 Å². The minimum absolute atomic E-state index is 0.536. The van der Waals surface area contributed by atoms with Gasteiger partial charge in [0.2, 0.25) is 5.88 Å². The molecule has 106 valence electrons. The maximum absolute atomic E-state index is 5.59. The largest absolute Gasteiger partial charge is 0.478 e. The molecule has 0 saturated carbocycles. The van der Waals surface area contributed by atoms with Crippen LogP contribution in [0.15, 0.2) is 12.4 Å². The van der Waals surface area contributed by atoms with E-state index in [0.29, 0.717) is 18.5 Å². The second kappa shape index (κ2) is 7.28. The van der Waals surface area contributed by atoms with E-state index in [1.54, 1.807) is 6.33 Å². The Kier molecular flexibility index (Phi) is 5.39. The fourth-order valence-corrected chi connectivity index (χ4v) is 2.40. The number of hydrogen-bond donors (Lipinski definition) is 1. The summed E-state index contributed by atoms with van der Waals surface area (Å²) in [5.41, 5.74) is 0. The van der Waals surface area contributed by atoms with Crippen molar-refractivity contribution < 1.29 is 4.74 Å². The van der Waals surface area contributed by atoms with E-state index < -0.39 is 0 Å². The van der Waals surface area contributed by atoms with Crippen molar-refractivity contribution in [1.82, 2.24) is 15.3 Å². The molecular weight excluding hydrogens is 240 g/mol. The van der Waals surface area contributed by atoms with Crippen LogP contribution >= 0.6 is 0 Å². The van der Waals surface area contributed by atoms with E-state index in [2.05, 4.69) is 34.0 Å². The van der Waals surface area contributed by atoms with Crippen LogP contribution in [0.4, 0.5) is 5.82 Å². The number of rotatable bonds is 7. The fourth-order valence-electron chi connectivity index (χ4n) is 2.40. The lowest BCUT2D eigenvalue weighted by Crippen LogP contribution is -2.38. The average Bonchev–Trinajstić information content (AvgIpc) is 2.96. The van der Waals surface area contributed by atoms with Crippen LogP contribution in [0.3, 0.4) is 0 Å². The van der Waals surface area contributed by atoms with Crippen LogP contribution in [0.5, 0.6) is 5.88 Å². The number of nitrogens with zero attached hydrogens (tertiary/aromatic N) is 3. The Hall–Kier alpha value is -1.36. The highest BCUT2D eigenvalue weighted by Gasteiger charge is 2.23. The standard InChI is InChI=1S/C14H24N4O/c1-3-7-18(12-5-6-15-10-12)13-9-14(17-11-16-13)19-8-4-2/h9,11-12,15H,3-8,10H2,1-2H3. The Balaban J connectivity index is 2.11. The quantitative estimate of drug-likeness (QED) is 0.814. The molecule has 0 aliphatic carbocycles. The summed E-state index contributed by atoms with van der Waals surface area (Å²) in [4.78, 5) is 11.0. The van der Waals surface area contributed by atoms with Crippen LogP contribution < -0.4 is 15.0 Å². The highest BCUT2D eigenvalue weighted by molar-refractivity contribution is 5.42. The molecule has 1 N–H and O–H groups in total. The first-order valence-electron chi connectivity index (χ1n) is 7.27. The maximum atomic E-state index is 5.59. The van der Waals surface area contributed by atoms with Crippen LogP contribution in [0.1, 0.15) is 33.1 Å². The Morgan fingerprint density at radius 3 is 2.95 bits per heavy atom. The molecule has 1 aliphatic heterocycles. The van der Waals surface area contributed by atoms with Gasteiger partial charge in [0.05, 0.1) is 6.61 Å². The van der Waals surface area contributed by atoms with Crippen LogP contribution in [-0.2, 0) is 0 Å². The molecule has 19 heavy (non-hydrogen) atoms. The summed E-state index contributed by atoms with van der Waals surface area (Å²) in [5, 5.41) is 3.41. The van der Waals surface area contributed by atoms with E-state index in [0.717, 1.165) is 38.3 Å². The van der Waals surface area contributed by atoms with Gasteiger partial charge in [-0.3, -0.25) is 0 Å². The molecule has 0 amide bonds. The Bertz CT molecular complexity index is 379. The van der Waals surface area contributed by atoms with Crippen LogP contribution in [0.2, 0.25) is 0 Å². The molecule has 0 bridgehead atoms. The van der Waals surface area contributed by atoms with Gasteiger partial charge in [-0.2, -0.15) is 0 Å². The number of ether oxygens (including phenoxy) is 1. The van der Waals surface area contributed by atoms with Gasteiger partial charge in [-0.05, 0) is 25.8 Å². The van der Waals surface area contributed by atoms with Crippen molar-refractivity contribution in [3.8, 4) is 5.88 Å². The van der Waals surface area contributed by atoms with Crippen molar-refractivity contribution in [2.75, 3.05) is 31.1 Å². The zero-order valence-corrected chi connectivity index (χ0v) is 11.9. The third kappa shape index (κ3) is 3.80. The van der Waals surface area contributed by atoms with E-state index in [4.69, 9.17) is 4.74 Å². The van der Waals surface area contributed by atoms with E-state index in [1.165, 1.54) is 6.42 Å². The molecule has 2 rings (SSSR count). The summed E-state index contributed by atoms with van der Waals surface area (Å²) in [6.07, 6.45) is 4.89. The summed E-state index contributed by atoms with van der Waals surface area (Å²) in [6.45, 7) is 8.15. The van der Waals surface area contributed by atoms with Gasteiger partial charge in [0.1, 0.15) is 12.1 Å². The second-order valence-electron chi connectivity index (χ2n) is 4.90. The zero-order chi connectivity index (χ0) is 13.5. The molecule has 0 radical (unpaired) electrons.